The molecule has 0 bridgehead atoms. The Morgan fingerprint density at radius 2 is 1.67 bits per heavy atom. The van der Waals surface area contributed by atoms with E-state index in [4.69, 9.17) is 46.4 Å². The van der Waals surface area contributed by atoms with E-state index in [-0.39, 0.29) is 21.0 Å². The summed E-state index contributed by atoms with van der Waals surface area (Å²) >= 11 is 27.1. The Kier molecular flexibility index (Phi) is 10.3. The van der Waals surface area contributed by atoms with Crippen LogP contribution in [0.25, 0.3) is 0 Å². The average molecular weight is 719 g/mol. The molecule has 1 aliphatic rings. The highest BCUT2D eigenvalue weighted by Crippen LogP contribution is 2.43. The van der Waals surface area contributed by atoms with E-state index in [1.165, 1.54) is 28.7 Å². The maximum absolute atomic E-state index is 13.3. The van der Waals surface area contributed by atoms with E-state index < -0.39 is 33.3 Å². The molecule has 0 radical (unpaired) electrons. The number of carboxylic acids is 1. The lowest BCUT2D eigenvalue weighted by Gasteiger charge is -2.22. The molecule has 0 fully saturated rings. The summed E-state index contributed by atoms with van der Waals surface area (Å²) in [5.41, 5.74) is 2.12. The molecular formula is C32H23Cl4N3O4S2. The number of amides is 2. The minimum atomic E-state index is -1.50. The maximum Gasteiger partial charge on any atom is 0.338 e. The number of nitrogens with zero attached hydrogens (tertiary/aromatic N) is 1. The summed E-state index contributed by atoms with van der Waals surface area (Å²) < 4.78 is 0. The van der Waals surface area contributed by atoms with Gasteiger partial charge in [0, 0.05) is 15.5 Å². The second-order valence-corrected chi connectivity index (χ2v) is 14.2. The molecule has 1 heterocycles. The number of aromatic carboxylic acids is 1. The smallest absolute Gasteiger partial charge is 0.338 e. The van der Waals surface area contributed by atoms with Crippen molar-refractivity contribution in [1.82, 2.24) is 0 Å². The molecule has 2 atom stereocenters. The number of hydrogen-bond acceptors (Lipinski definition) is 6. The molecule has 0 saturated carbocycles. The molecule has 2 amide bonds. The molecule has 1 aromatic heterocycles. The van der Waals surface area contributed by atoms with E-state index in [9.17, 15) is 24.8 Å². The van der Waals surface area contributed by atoms with Crippen LogP contribution in [0.2, 0.25) is 20.1 Å². The van der Waals surface area contributed by atoms with Crippen molar-refractivity contribution in [3.8, 4) is 6.07 Å². The number of fused-ring (bicyclic) bond motifs is 1. The zero-order valence-electron chi connectivity index (χ0n) is 23.4. The number of benzene rings is 3. The highest BCUT2D eigenvalue weighted by atomic mass is 35.5. The molecule has 3 aromatic carbocycles. The van der Waals surface area contributed by atoms with Gasteiger partial charge in [0.2, 0.25) is 5.91 Å². The molecule has 4 aromatic rings. The average Bonchev–Trinajstić information content (AvgIpc) is 3.37. The molecule has 13 heteroatoms. The SMILES string of the molecule is CC(Sc1cccc(NC(=O)c2c(Cl)c(Cl)c(Cl)c(Cl)c2C(=O)O)c1)C(=O)Nc1sc2c(c1C#N)CCC(c1ccccc1)C2. The lowest BCUT2D eigenvalue weighted by molar-refractivity contribution is -0.115. The number of halogens is 4. The summed E-state index contributed by atoms with van der Waals surface area (Å²) in [6.07, 6.45) is 2.54. The number of nitriles is 1. The molecule has 1 aliphatic carbocycles. The van der Waals surface area contributed by atoms with Crippen LogP contribution in [0.3, 0.4) is 0 Å². The highest BCUT2D eigenvalue weighted by molar-refractivity contribution is 8.00. The van der Waals surface area contributed by atoms with Crippen molar-refractivity contribution in [2.24, 2.45) is 0 Å². The molecule has 7 nitrogen and oxygen atoms in total. The molecule has 3 N–H and O–H groups in total. The summed E-state index contributed by atoms with van der Waals surface area (Å²) in [5, 5.41) is 23.9. The van der Waals surface area contributed by atoms with Crippen LogP contribution in [-0.2, 0) is 17.6 Å². The van der Waals surface area contributed by atoms with Gasteiger partial charge in [-0.25, -0.2) is 4.79 Å². The fourth-order valence-corrected chi connectivity index (χ4v) is 8.39. The van der Waals surface area contributed by atoms with Crippen molar-refractivity contribution in [1.29, 1.82) is 5.26 Å². The van der Waals surface area contributed by atoms with Gasteiger partial charge >= 0.3 is 5.97 Å². The number of thioether (sulfide) groups is 1. The van der Waals surface area contributed by atoms with Crippen LogP contribution in [0, 0.1) is 11.3 Å². The number of thiophene rings is 1. The Morgan fingerprint density at radius 3 is 2.33 bits per heavy atom. The largest absolute Gasteiger partial charge is 0.478 e. The van der Waals surface area contributed by atoms with Crippen LogP contribution >= 0.6 is 69.5 Å². The fourth-order valence-electron chi connectivity index (χ4n) is 5.16. The summed E-state index contributed by atoms with van der Waals surface area (Å²) in [7, 11) is 0. The van der Waals surface area contributed by atoms with Gasteiger partial charge in [0.25, 0.3) is 5.91 Å². The van der Waals surface area contributed by atoms with Gasteiger partial charge in [-0.1, -0.05) is 82.8 Å². The van der Waals surface area contributed by atoms with Crippen LogP contribution in [-0.4, -0.2) is 28.1 Å². The molecular weight excluding hydrogens is 696 g/mol. The van der Waals surface area contributed by atoms with Gasteiger partial charge in [-0.15, -0.1) is 23.1 Å². The number of anilines is 2. The second-order valence-electron chi connectivity index (χ2n) is 10.2. The first-order valence-corrected chi connectivity index (χ1v) is 16.8. The zero-order valence-corrected chi connectivity index (χ0v) is 28.1. The number of nitrogens with one attached hydrogen (secondary N) is 2. The van der Waals surface area contributed by atoms with E-state index in [2.05, 4.69) is 28.8 Å². The van der Waals surface area contributed by atoms with Crippen molar-refractivity contribution in [3.63, 3.8) is 0 Å². The Bertz CT molecular complexity index is 1870. The lowest BCUT2D eigenvalue weighted by atomic mass is 9.83. The normalized spacial score (nSPS) is 14.6. The van der Waals surface area contributed by atoms with Crippen LogP contribution in [0.1, 0.15) is 61.5 Å². The van der Waals surface area contributed by atoms with E-state index in [1.807, 2.05) is 18.2 Å². The minimum Gasteiger partial charge on any atom is -0.478 e. The first-order valence-electron chi connectivity index (χ1n) is 13.6. The van der Waals surface area contributed by atoms with E-state index >= 15 is 0 Å². The van der Waals surface area contributed by atoms with Crippen LogP contribution < -0.4 is 10.6 Å². The first kappa shape index (κ1) is 33.1. The Labute approximate surface area is 287 Å². The summed E-state index contributed by atoms with van der Waals surface area (Å²) in [5.74, 6) is -2.26. The van der Waals surface area contributed by atoms with Crippen molar-refractivity contribution in [2.75, 3.05) is 10.6 Å². The van der Waals surface area contributed by atoms with Crippen molar-refractivity contribution in [2.45, 2.75) is 42.2 Å². The highest BCUT2D eigenvalue weighted by Gasteiger charge is 2.30. The van der Waals surface area contributed by atoms with Gasteiger partial charge in [-0.3, -0.25) is 9.59 Å². The van der Waals surface area contributed by atoms with E-state index in [0.29, 0.717) is 27.1 Å². The summed E-state index contributed by atoms with van der Waals surface area (Å²) in [6.45, 7) is 1.74. The van der Waals surface area contributed by atoms with Crippen LogP contribution in [0.4, 0.5) is 10.7 Å². The number of carbonyl (C=O) groups excluding carboxylic acids is 2. The van der Waals surface area contributed by atoms with E-state index in [0.717, 1.165) is 29.7 Å². The molecule has 0 spiro atoms. The zero-order chi connectivity index (χ0) is 32.4. The lowest BCUT2D eigenvalue weighted by Crippen LogP contribution is -2.22. The second kappa shape index (κ2) is 14.0. The van der Waals surface area contributed by atoms with Crippen molar-refractivity contribution >= 4 is 98.0 Å². The molecule has 0 saturated heterocycles. The summed E-state index contributed by atoms with van der Waals surface area (Å²) in [4.78, 5) is 40.1. The number of carboxylic acid groups (broad SMARTS) is 1. The Morgan fingerprint density at radius 1 is 0.978 bits per heavy atom. The Hall–Kier alpha value is -3.23. The van der Waals surface area contributed by atoms with Gasteiger partial charge in [0.15, 0.2) is 0 Å². The van der Waals surface area contributed by atoms with Crippen molar-refractivity contribution in [3.05, 3.63) is 107 Å². The number of hydrogen-bond donors (Lipinski definition) is 3. The molecule has 230 valence electrons. The first-order chi connectivity index (χ1) is 21.5. The van der Waals surface area contributed by atoms with Gasteiger partial charge in [-0.2, -0.15) is 5.26 Å². The van der Waals surface area contributed by atoms with Gasteiger partial charge in [-0.05, 0) is 61.4 Å². The molecule has 5 rings (SSSR count). The van der Waals surface area contributed by atoms with Crippen molar-refractivity contribution < 1.29 is 19.5 Å². The molecule has 2 unspecified atom stereocenters. The summed E-state index contributed by atoms with van der Waals surface area (Å²) in [6, 6.07) is 19.3. The number of rotatable bonds is 8. The van der Waals surface area contributed by atoms with Gasteiger partial charge in [0.05, 0.1) is 42.0 Å². The topological polar surface area (TPSA) is 119 Å². The van der Waals surface area contributed by atoms with Gasteiger partial charge in [0.1, 0.15) is 11.1 Å². The molecule has 0 aliphatic heterocycles. The minimum absolute atomic E-state index is 0.246. The third-order valence-electron chi connectivity index (χ3n) is 7.37. The number of carbonyl (C=O) groups is 3. The van der Waals surface area contributed by atoms with E-state index in [1.54, 1.807) is 31.2 Å². The monoisotopic (exact) mass is 717 g/mol. The Balaban J connectivity index is 1.28. The van der Waals surface area contributed by atoms with Gasteiger partial charge < -0.3 is 15.7 Å². The standard InChI is InChI=1S/C32H23Cl4N3O4S2/c1-15(29(40)39-31-21(14-37)20-11-10-17(12-22(20)45-31)16-6-3-2-4-7-16)44-19-9-5-8-18(13-19)38-30(41)23-24(32(42)43)26(34)28(36)27(35)25(23)33/h2-9,13,15,17H,10-12H2,1H3,(H,38,41)(H,39,40)(H,42,43). The van der Waals surface area contributed by atoms with Crippen LogP contribution in [0.5, 0.6) is 0 Å². The third kappa shape index (κ3) is 6.97. The predicted molar refractivity (Wildman–Crippen MR) is 182 cm³/mol. The van der Waals surface area contributed by atoms with Crippen LogP contribution in [0.15, 0.2) is 59.5 Å². The maximum atomic E-state index is 13.3. The fraction of sp³-hybridized carbons (Fsp3) is 0.188. The quantitative estimate of drug-likeness (QED) is 0.0949. The third-order valence-corrected chi connectivity index (χ3v) is 11.4. The predicted octanol–water partition coefficient (Wildman–Crippen LogP) is 9.58. The molecule has 45 heavy (non-hydrogen) atoms.